The monoisotopic (exact) mass is 287 g/mol. The number of hydrogen-bond donors (Lipinski definition) is 1. The third-order valence-electron chi connectivity index (χ3n) is 2.83. The second-order valence-electron chi connectivity index (χ2n) is 5.85. The molecule has 0 bridgehead atoms. The standard InChI is InChI=1S/C16H21N3S/c1-12-9-13(10-19-16(2,3)4)5-6-14(12)20-15-7-8-17-11-18-15/h5-9,11,19H,10H2,1-4H3. The summed E-state index contributed by atoms with van der Waals surface area (Å²) in [5.74, 6) is 0. The molecule has 1 N–H and O–H groups in total. The minimum Gasteiger partial charge on any atom is -0.308 e. The van der Waals surface area contributed by atoms with Crippen LogP contribution in [-0.4, -0.2) is 15.5 Å². The van der Waals surface area contributed by atoms with Crippen LogP contribution in [0.1, 0.15) is 31.9 Å². The summed E-state index contributed by atoms with van der Waals surface area (Å²) < 4.78 is 0. The summed E-state index contributed by atoms with van der Waals surface area (Å²) in [5.41, 5.74) is 2.73. The fraction of sp³-hybridized carbons (Fsp3) is 0.375. The number of benzene rings is 1. The van der Waals surface area contributed by atoms with Gasteiger partial charge in [-0.3, -0.25) is 0 Å². The Morgan fingerprint density at radius 2 is 2.00 bits per heavy atom. The Balaban J connectivity index is 2.06. The SMILES string of the molecule is Cc1cc(CNC(C)(C)C)ccc1Sc1ccncn1. The van der Waals surface area contributed by atoms with E-state index in [2.05, 4.69) is 61.2 Å². The molecule has 0 aliphatic carbocycles. The summed E-state index contributed by atoms with van der Waals surface area (Å²) in [6, 6.07) is 8.51. The molecule has 1 heterocycles. The second-order valence-corrected chi connectivity index (χ2v) is 6.92. The van der Waals surface area contributed by atoms with Gasteiger partial charge >= 0.3 is 0 Å². The van der Waals surface area contributed by atoms with E-state index in [1.807, 2.05) is 6.07 Å². The summed E-state index contributed by atoms with van der Waals surface area (Å²) in [7, 11) is 0. The first-order valence-corrected chi connectivity index (χ1v) is 7.54. The Morgan fingerprint density at radius 3 is 2.60 bits per heavy atom. The smallest absolute Gasteiger partial charge is 0.116 e. The molecule has 0 atom stereocenters. The molecule has 0 aliphatic heterocycles. The van der Waals surface area contributed by atoms with Crippen LogP contribution in [-0.2, 0) is 6.54 Å². The normalized spacial score (nSPS) is 11.6. The third kappa shape index (κ3) is 4.62. The molecule has 0 spiro atoms. The quantitative estimate of drug-likeness (QED) is 0.867. The summed E-state index contributed by atoms with van der Waals surface area (Å²) in [6.45, 7) is 9.57. The third-order valence-corrected chi connectivity index (χ3v) is 3.96. The maximum absolute atomic E-state index is 4.25. The largest absolute Gasteiger partial charge is 0.308 e. The summed E-state index contributed by atoms with van der Waals surface area (Å²) in [5, 5.41) is 4.48. The molecule has 2 aromatic rings. The van der Waals surface area contributed by atoms with Gasteiger partial charge in [-0.05, 0) is 51.0 Å². The molecule has 3 nitrogen and oxygen atoms in total. The predicted molar refractivity (Wildman–Crippen MR) is 83.9 cm³/mol. The minimum absolute atomic E-state index is 0.141. The molecular formula is C16H21N3S. The van der Waals surface area contributed by atoms with E-state index in [9.17, 15) is 0 Å². The Kier molecular flexibility index (Phi) is 4.78. The molecule has 1 aromatic heterocycles. The van der Waals surface area contributed by atoms with Crippen molar-refractivity contribution < 1.29 is 0 Å². The van der Waals surface area contributed by atoms with Crippen molar-refractivity contribution in [2.24, 2.45) is 0 Å². The first-order chi connectivity index (χ1) is 9.44. The Labute approximate surface area is 125 Å². The lowest BCUT2D eigenvalue weighted by atomic mass is 10.1. The van der Waals surface area contributed by atoms with Crippen LogP contribution in [0.5, 0.6) is 0 Å². The molecular weight excluding hydrogens is 266 g/mol. The van der Waals surface area contributed by atoms with Crippen LogP contribution in [0.2, 0.25) is 0 Å². The number of nitrogens with one attached hydrogen (secondary N) is 1. The van der Waals surface area contributed by atoms with E-state index < -0.39 is 0 Å². The number of rotatable bonds is 4. The number of aromatic nitrogens is 2. The van der Waals surface area contributed by atoms with E-state index in [4.69, 9.17) is 0 Å². The summed E-state index contributed by atoms with van der Waals surface area (Å²) in [4.78, 5) is 9.42. The zero-order chi connectivity index (χ0) is 14.6. The van der Waals surface area contributed by atoms with Crippen LogP contribution < -0.4 is 5.32 Å². The van der Waals surface area contributed by atoms with Crippen LogP contribution in [0, 0.1) is 6.92 Å². The summed E-state index contributed by atoms with van der Waals surface area (Å²) >= 11 is 1.68. The van der Waals surface area contributed by atoms with Crippen molar-refractivity contribution in [3.05, 3.63) is 47.9 Å². The van der Waals surface area contributed by atoms with Crippen LogP contribution >= 0.6 is 11.8 Å². The highest BCUT2D eigenvalue weighted by Crippen LogP contribution is 2.28. The highest BCUT2D eigenvalue weighted by molar-refractivity contribution is 7.99. The Hall–Kier alpha value is -1.39. The zero-order valence-corrected chi connectivity index (χ0v) is 13.3. The van der Waals surface area contributed by atoms with Gasteiger partial charge in [0.05, 0.1) is 0 Å². The van der Waals surface area contributed by atoms with Crippen molar-refractivity contribution in [1.29, 1.82) is 0 Å². The number of hydrogen-bond acceptors (Lipinski definition) is 4. The molecule has 4 heteroatoms. The number of aryl methyl sites for hydroxylation is 1. The van der Waals surface area contributed by atoms with E-state index in [1.54, 1.807) is 24.3 Å². The summed E-state index contributed by atoms with van der Waals surface area (Å²) in [6.07, 6.45) is 3.35. The van der Waals surface area contributed by atoms with Gasteiger partial charge in [0, 0.05) is 23.2 Å². The molecule has 2 rings (SSSR count). The molecule has 0 unspecified atom stereocenters. The molecule has 0 fully saturated rings. The average Bonchev–Trinajstić information content (AvgIpc) is 2.40. The van der Waals surface area contributed by atoms with Gasteiger partial charge in [-0.25, -0.2) is 9.97 Å². The Bertz CT molecular complexity index is 562. The average molecular weight is 287 g/mol. The maximum atomic E-state index is 4.25. The van der Waals surface area contributed by atoms with E-state index >= 15 is 0 Å². The van der Waals surface area contributed by atoms with Crippen molar-refractivity contribution in [3.63, 3.8) is 0 Å². The van der Waals surface area contributed by atoms with Crippen molar-refractivity contribution in [2.75, 3.05) is 0 Å². The van der Waals surface area contributed by atoms with Gasteiger partial charge in [0.25, 0.3) is 0 Å². The molecule has 20 heavy (non-hydrogen) atoms. The highest BCUT2D eigenvalue weighted by Gasteiger charge is 2.09. The topological polar surface area (TPSA) is 37.8 Å². The van der Waals surface area contributed by atoms with E-state index in [-0.39, 0.29) is 5.54 Å². The fourth-order valence-electron chi connectivity index (χ4n) is 1.75. The zero-order valence-electron chi connectivity index (χ0n) is 12.5. The van der Waals surface area contributed by atoms with Crippen LogP contribution in [0.3, 0.4) is 0 Å². The maximum Gasteiger partial charge on any atom is 0.116 e. The number of nitrogens with zero attached hydrogens (tertiary/aromatic N) is 2. The Morgan fingerprint density at radius 1 is 1.20 bits per heavy atom. The predicted octanol–water partition coefficient (Wildman–Crippen LogP) is 3.82. The molecule has 0 saturated heterocycles. The fourth-order valence-corrected chi connectivity index (χ4v) is 2.56. The van der Waals surface area contributed by atoms with Crippen LogP contribution in [0.4, 0.5) is 0 Å². The van der Waals surface area contributed by atoms with E-state index in [1.165, 1.54) is 16.0 Å². The first kappa shape index (κ1) is 15.0. The molecule has 1 aromatic carbocycles. The lowest BCUT2D eigenvalue weighted by molar-refractivity contribution is 0.424. The second kappa shape index (κ2) is 6.37. The van der Waals surface area contributed by atoms with Gasteiger partial charge in [-0.1, -0.05) is 23.9 Å². The van der Waals surface area contributed by atoms with Crippen molar-refractivity contribution in [1.82, 2.24) is 15.3 Å². The van der Waals surface area contributed by atoms with Gasteiger partial charge < -0.3 is 5.32 Å². The molecule has 106 valence electrons. The van der Waals surface area contributed by atoms with Crippen molar-refractivity contribution in [3.8, 4) is 0 Å². The lowest BCUT2D eigenvalue weighted by Crippen LogP contribution is -2.35. The van der Waals surface area contributed by atoms with Crippen LogP contribution in [0.25, 0.3) is 0 Å². The van der Waals surface area contributed by atoms with Gasteiger partial charge in [0.1, 0.15) is 11.4 Å². The van der Waals surface area contributed by atoms with Crippen molar-refractivity contribution in [2.45, 2.75) is 49.7 Å². The van der Waals surface area contributed by atoms with Gasteiger partial charge in [0.15, 0.2) is 0 Å². The molecule has 0 saturated carbocycles. The van der Waals surface area contributed by atoms with Crippen LogP contribution in [0.15, 0.2) is 46.7 Å². The van der Waals surface area contributed by atoms with E-state index in [0.29, 0.717) is 0 Å². The van der Waals surface area contributed by atoms with Gasteiger partial charge in [0.2, 0.25) is 0 Å². The van der Waals surface area contributed by atoms with Gasteiger partial charge in [-0.15, -0.1) is 0 Å². The molecule has 0 amide bonds. The lowest BCUT2D eigenvalue weighted by Gasteiger charge is -2.20. The highest BCUT2D eigenvalue weighted by atomic mass is 32.2. The molecule has 0 aliphatic rings. The van der Waals surface area contributed by atoms with Gasteiger partial charge in [-0.2, -0.15) is 0 Å². The van der Waals surface area contributed by atoms with Crippen molar-refractivity contribution >= 4 is 11.8 Å². The minimum atomic E-state index is 0.141. The first-order valence-electron chi connectivity index (χ1n) is 6.72. The molecule has 0 radical (unpaired) electrons. The van der Waals surface area contributed by atoms with E-state index in [0.717, 1.165) is 11.6 Å².